The van der Waals surface area contributed by atoms with Gasteiger partial charge in [-0.2, -0.15) is 0 Å². The van der Waals surface area contributed by atoms with Crippen molar-refractivity contribution in [2.75, 3.05) is 14.2 Å². The van der Waals surface area contributed by atoms with Gasteiger partial charge in [0.25, 0.3) is 0 Å². The lowest BCUT2D eigenvalue weighted by atomic mass is 10.1. The molecule has 0 aliphatic carbocycles. The number of ether oxygens (including phenoxy) is 2. The molecule has 1 atom stereocenters. The first kappa shape index (κ1) is 13.8. The summed E-state index contributed by atoms with van der Waals surface area (Å²) in [5.41, 5.74) is 0.333. The Hall–Kier alpha value is -2.24. The predicted octanol–water partition coefficient (Wildman–Crippen LogP) is 0.966. The van der Waals surface area contributed by atoms with E-state index in [1.165, 1.54) is 27.2 Å². The molecule has 1 amide bonds. The van der Waals surface area contributed by atoms with Crippen LogP contribution in [-0.4, -0.2) is 31.2 Å². The third kappa shape index (κ3) is 3.13. The van der Waals surface area contributed by atoms with Crippen molar-refractivity contribution in [1.29, 1.82) is 0 Å². The van der Waals surface area contributed by atoms with E-state index in [1.807, 2.05) is 0 Å². The van der Waals surface area contributed by atoms with Crippen LogP contribution in [0.25, 0.3) is 0 Å². The van der Waals surface area contributed by atoms with Gasteiger partial charge in [-0.3, -0.25) is 4.79 Å². The summed E-state index contributed by atoms with van der Waals surface area (Å²) in [7, 11) is 2.90. The van der Waals surface area contributed by atoms with Crippen LogP contribution in [0.15, 0.2) is 18.2 Å². The van der Waals surface area contributed by atoms with Gasteiger partial charge in [-0.1, -0.05) is 0 Å². The largest absolute Gasteiger partial charge is 0.497 e. The molecule has 0 aromatic heterocycles. The fourth-order valence-electron chi connectivity index (χ4n) is 1.54. The lowest BCUT2D eigenvalue weighted by molar-refractivity contribution is -0.141. The Bertz CT molecular complexity index is 458. The van der Waals surface area contributed by atoms with E-state index < -0.39 is 17.9 Å². The van der Waals surface area contributed by atoms with Crippen LogP contribution in [0, 0.1) is 0 Å². The molecule has 1 aromatic rings. The highest BCUT2D eigenvalue weighted by Crippen LogP contribution is 2.29. The van der Waals surface area contributed by atoms with Crippen molar-refractivity contribution in [3.8, 4) is 11.5 Å². The predicted molar refractivity (Wildman–Crippen MR) is 63.7 cm³/mol. The van der Waals surface area contributed by atoms with Crippen molar-refractivity contribution < 1.29 is 24.2 Å². The van der Waals surface area contributed by atoms with Crippen LogP contribution >= 0.6 is 0 Å². The minimum absolute atomic E-state index is 0.333. The van der Waals surface area contributed by atoms with E-state index in [4.69, 9.17) is 14.6 Å². The maximum absolute atomic E-state index is 11.2. The number of nitrogens with one attached hydrogen (secondary N) is 1. The maximum atomic E-state index is 11.2. The Morgan fingerprint density at radius 1 is 1.28 bits per heavy atom. The Labute approximate surface area is 105 Å². The van der Waals surface area contributed by atoms with Gasteiger partial charge < -0.3 is 19.9 Å². The van der Waals surface area contributed by atoms with Gasteiger partial charge >= 0.3 is 5.97 Å². The van der Waals surface area contributed by atoms with E-state index in [9.17, 15) is 9.59 Å². The SMILES string of the molecule is COc1ccc(OC)c(C(NC(C)=O)C(=O)O)c1. The second-order valence-electron chi connectivity index (χ2n) is 3.58. The summed E-state index contributed by atoms with van der Waals surface area (Å²) in [4.78, 5) is 22.2. The smallest absolute Gasteiger partial charge is 0.331 e. The highest BCUT2D eigenvalue weighted by atomic mass is 16.5. The van der Waals surface area contributed by atoms with E-state index in [1.54, 1.807) is 12.1 Å². The van der Waals surface area contributed by atoms with Crippen LogP contribution in [0.5, 0.6) is 11.5 Å². The fourth-order valence-corrected chi connectivity index (χ4v) is 1.54. The van der Waals surface area contributed by atoms with E-state index in [2.05, 4.69) is 5.32 Å². The van der Waals surface area contributed by atoms with Crippen molar-refractivity contribution in [3.63, 3.8) is 0 Å². The van der Waals surface area contributed by atoms with Gasteiger partial charge in [0, 0.05) is 12.5 Å². The number of hydrogen-bond acceptors (Lipinski definition) is 4. The van der Waals surface area contributed by atoms with E-state index >= 15 is 0 Å². The maximum Gasteiger partial charge on any atom is 0.331 e. The average Bonchev–Trinajstić information content (AvgIpc) is 2.34. The molecule has 0 aliphatic heterocycles. The second-order valence-corrected chi connectivity index (χ2v) is 3.58. The molecule has 0 spiro atoms. The lowest BCUT2D eigenvalue weighted by Crippen LogP contribution is -2.32. The zero-order chi connectivity index (χ0) is 13.7. The highest BCUT2D eigenvalue weighted by molar-refractivity contribution is 5.84. The number of carbonyl (C=O) groups is 2. The zero-order valence-electron chi connectivity index (χ0n) is 10.4. The van der Waals surface area contributed by atoms with Gasteiger partial charge in [0.05, 0.1) is 14.2 Å². The number of benzene rings is 1. The monoisotopic (exact) mass is 253 g/mol. The van der Waals surface area contributed by atoms with Gasteiger partial charge in [-0.05, 0) is 18.2 Å². The van der Waals surface area contributed by atoms with Crippen molar-refractivity contribution in [2.24, 2.45) is 0 Å². The number of hydrogen-bond donors (Lipinski definition) is 2. The molecule has 0 saturated carbocycles. The summed E-state index contributed by atoms with van der Waals surface area (Å²) in [6, 6.07) is 3.58. The normalized spacial score (nSPS) is 11.5. The Morgan fingerprint density at radius 2 is 1.94 bits per heavy atom. The zero-order valence-corrected chi connectivity index (χ0v) is 10.4. The molecule has 2 N–H and O–H groups in total. The number of aliphatic carboxylic acids is 1. The number of carboxylic acids is 1. The van der Waals surface area contributed by atoms with Gasteiger partial charge in [-0.15, -0.1) is 0 Å². The van der Waals surface area contributed by atoms with Gasteiger partial charge in [-0.25, -0.2) is 4.79 Å². The molecular formula is C12H15NO5. The molecule has 0 fully saturated rings. The Kier molecular flexibility index (Phi) is 4.53. The van der Waals surface area contributed by atoms with Crippen LogP contribution < -0.4 is 14.8 Å². The van der Waals surface area contributed by atoms with Gasteiger partial charge in [0.15, 0.2) is 6.04 Å². The van der Waals surface area contributed by atoms with Crippen LogP contribution in [-0.2, 0) is 9.59 Å². The molecule has 0 radical (unpaired) electrons. The molecule has 0 bridgehead atoms. The molecular weight excluding hydrogens is 238 g/mol. The molecule has 1 rings (SSSR count). The third-order valence-corrected chi connectivity index (χ3v) is 2.34. The molecule has 6 nitrogen and oxygen atoms in total. The molecule has 1 aromatic carbocycles. The molecule has 0 saturated heterocycles. The second kappa shape index (κ2) is 5.90. The first-order valence-corrected chi connectivity index (χ1v) is 5.21. The number of methoxy groups -OCH3 is 2. The summed E-state index contributed by atoms with van der Waals surface area (Å²) < 4.78 is 10.1. The van der Waals surface area contributed by atoms with Crippen molar-refractivity contribution in [1.82, 2.24) is 5.32 Å². The number of carbonyl (C=O) groups excluding carboxylic acids is 1. The highest BCUT2D eigenvalue weighted by Gasteiger charge is 2.24. The first-order valence-electron chi connectivity index (χ1n) is 5.21. The quantitative estimate of drug-likeness (QED) is 0.816. The summed E-state index contributed by atoms with van der Waals surface area (Å²) in [6.45, 7) is 1.25. The van der Waals surface area contributed by atoms with Crippen LogP contribution in [0.4, 0.5) is 0 Å². The van der Waals surface area contributed by atoms with E-state index in [0.29, 0.717) is 17.1 Å². The Balaban J connectivity index is 3.23. The van der Waals surface area contributed by atoms with Crippen LogP contribution in [0.3, 0.4) is 0 Å². The van der Waals surface area contributed by atoms with Crippen LogP contribution in [0.1, 0.15) is 18.5 Å². The molecule has 6 heteroatoms. The Morgan fingerprint density at radius 3 is 2.39 bits per heavy atom. The third-order valence-electron chi connectivity index (χ3n) is 2.34. The minimum atomic E-state index is -1.17. The summed E-state index contributed by atoms with van der Waals surface area (Å²) in [5, 5.41) is 11.5. The van der Waals surface area contributed by atoms with Gasteiger partial charge in [0.1, 0.15) is 11.5 Å². The number of carboxylic acid groups (broad SMARTS) is 1. The van der Waals surface area contributed by atoms with Crippen LogP contribution in [0.2, 0.25) is 0 Å². The number of amides is 1. The van der Waals surface area contributed by atoms with Gasteiger partial charge in [0.2, 0.25) is 5.91 Å². The van der Waals surface area contributed by atoms with E-state index in [0.717, 1.165) is 0 Å². The average molecular weight is 253 g/mol. The van der Waals surface area contributed by atoms with Crippen molar-refractivity contribution >= 4 is 11.9 Å². The molecule has 18 heavy (non-hydrogen) atoms. The topological polar surface area (TPSA) is 84.9 Å². The standard InChI is InChI=1S/C12H15NO5/c1-7(14)13-11(12(15)16)9-6-8(17-2)4-5-10(9)18-3/h4-6,11H,1-3H3,(H,13,14)(H,15,16). The van der Waals surface area contributed by atoms with E-state index in [-0.39, 0.29) is 0 Å². The fraction of sp³-hybridized carbons (Fsp3) is 0.333. The molecule has 98 valence electrons. The summed E-state index contributed by atoms with van der Waals surface area (Å²) in [6.07, 6.45) is 0. The summed E-state index contributed by atoms with van der Waals surface area (Å²) in [5.74, 6) is -0.747. The summed E-state index contributed by atoms with van der Waals surface area (Å²) >= 11 is 0. The van der Waals surface area contributed by atoms with Crippen molar-refractivity contribution in [3.05, 3.63) is 23.8 Å². The lowest BCUT2D eigenvalue weighted by Gasteiger charge is -2.17. The van der Waals surface area contributed by atoms with Crippen molar-refractivity contribution in [2.45, 2.75) is 13.0 Å². The first-order chi connectivity index (χ1) is 8.49. The molecule has 1 unspecified atom stereocenters. The molecule has 0 heterocycles. The minimum Gasteiger partial charge on any atom is -0.497 e. The molecule has 0 aliphatic rings. The number of rotatable bonds is 5.